The first-order chi connectivity index (χ1) is 11.8. The van der Waals surface area contributed by atoms with Crippen molar-refractivity contribution in [3.63, 3.8) is 0 Å². The molecule has 1 saturated heterocycles. The Balaban J connectivity index is 1.56. The van der Waals surface area contributed by atoms with Gasteiger partial charge in [-0.2, -0.15) is 0 Å². The van der Waals surface area contributed by atoms with Crippen LogP contribution in [-0.2, 0) is 9.59 Å². The Morgan fingerprint density at radius 1 is 1.36 bits per heavy atom. The molecule has 0 spiro atoms. The summed E-state index contributed by atoms with van der Waals surface area (Å²) in [6, 6.07) is 5.00. The van der Waals surface area contributed by atoms with Gasteiger partial charge in [0.05, 0.1) is 6.54 Å². The number of hydrogen-bond acceptors (Lipinski definition) is 3. The van der Waals surface area contributed by atoms with E-state index in [1.54, 1.807) is 19.1 Å². The summed E-state index contributed by atoms with van der Waals surface area (Å²) in [7, 11) is 3.82. The van der Waals surface area contributed by atoms with E-state index in [4.69, 9.17) is 0 Å². The molecule has 2 aliphatic rings. The predicted molar refractivity (Wildman–Crippen MR) is 94.7 cm³/mol. The molecule has 1 saturated carbocycles. The molecule has 6 heteroatoms. The summed E-state index contributed by atoms with van der Waals surface area (Å²) in [5, 5.41) is 2.80. The molecular weight excluding hydrogens is 321 g/mol. The number of amides is 2. The topological polar surface area (TPSA) is 52.7 Å². The van der Waals surface area contributed by atoms with Crippen LogP contribution in [0.1, 0.15) is 24.8 Å². The molecule has 25 heavy (non-hydrogen) atoms. The Labute approximate surface area is 148 Å². The lowest BCUT2D eigenvalue weighted by Crippen LogP contribution is -2.40. The number of likely N-dealkylation sites (N-methyl/N-ethyl adjacent to an activating group) is 1. The molecule has 1 aliphatic carbocycles. The van der Waals surface area contributed by atoms with E-state index in [0.717, 1.165) is 19.4 Å². The smallest absolute Gasteiger partial charge is 0.238 e. The summed E-state index contributed by atoms with van der Waals surface area (Å²) in [6.45, 7) is 2.75. The summed E-state index contributed by atoms with van der Waals surface area (Å²) >= 11 is 0. The zero-order valence-corrected chi connectivity index (χ0v) is 15.1. The summed E-state index contributed by atoms with van der Waals surface area (Å²) in [4.78, 5) is 28.1. The summed E-state index contributed by atoms with van der Waals surface area (Å²) in [5.74, 6) is 0.733. The highest BCUT2D eigenvalue weighted by Crippen LogP contribution is 2.39. The van der Waals surface area contributed by atoms with Gasteiger partial charge in [0.25, 0.3) is 0 Å². The van der Waals surface area contributed by atoms with Gasteiger partial charge in [-0.15, -0.1) is 0 Å². The van der Waals surface area contributed by atoms with E-state index in [0.29, 0.717) is 35.5 Å². The number of benzene rings is 1. The minimum absolute atomic E-state index is 0.140. The molecule has 2 fully saturated rings. The van der Waals surface area contributed by atoms with Crippen LogP contribution in [0.3, 0.4) is 0 Å². The van der Waals surface area contributed by atoms with Gasteiger partial charge in [0.2, 0.25) is 11.8 Å². The molecule has 5 nitrogen and oxygen atoms in total. The van der Waals surface area contributed by atoms with Crippen LogP contribution in [0.4, 0.5) is 10.1 Å². The van der Waals surface area contributed by atoms with E-state index in [-0.39, 0.29) is 24.2 Å². The monoisotopic (exact) mass is 347 g/mol. The van der Waals surface area contributed by atoms with Crippen LogP contribution in [0, 0.1) is 24.6 Å². The molecule has 2 amide bonds. The van der Waals surface area contributed by atoms with Crippen molar-refractivity contribution in [2.45, 2.75) is 32.2 Å². The van der Waals surface area contributed by atoms with Crippen LogP contribution < -0.4 is 5.32 Å². The van der Waals surface area contributed by atoms with Gasteiger partial charge < -0.3 is 10.2 Å². The Bertz CT molecular complexity index is 679. The molecular formula is C19H26FN3O2. The maximum Gasteiger partial charge on any atom is 0.238 e. The largest absolute Gasteiger partial charge is 0.345 e. The van der Waals surface area contributed by atoms with E-state index in [2.05, 4.69) is 10.2 Å². The number of fused-ring (bicyclic) bond motifs is 1. The average molecular weight is 347 g/mol. The molecule has 1 aromatic rings. The fourth-order valence-corrected chi connectivity index (χ4v) is 4.14. The third-order valence-electron chi connectivity index (χ3n) is 5.75. The van der Waals surface area contributed by atoms with Crippen LogP contribution in [-0.4, -0.2) is 54.8 Å². The number of anilines is 1. The third kappa shape index (κ3) is 3.84. The van der Waals surface area contributed by atoms with Crippen molar-refractivity contribution in [2.24, 2.45) is 11.8 Å². The first-order valence-electron chi connectivity index (χ1n) is 8.84. The number of likely N-dealkylation sites (tertiary alicyclic amines) is 1. The van der Waals surface area contributed by atoms with Crippen LogP contribution in [0.15, 0.2) is 18.2 Å². The van der Waals surface area contributed by atoms with Gasteiger partial charge in [0.1, 0.15) is 5.82 Å². The molecule has 0 radical (unpaired) electrons. The lowest BCUT2D eigenvalue weighted by molar-refractivity contribution is -0.134. The summed E-state index contributed by atoms with van der Waals surface area (Å²) in [5.41, 5.74) is 0.970. The fraction of sp³-hybridized carbons (Fsp3) is 0.579. The van der Waals surface area contributed by atoms with Crippen LogP contribution in [0.5, 0.6) is 0 Å². The molecule has 0 unspecified atom stereocenters. The van der Waals surface area contributed by atoms with E-state index >= 15 is 0 Å². The second-order valence-corrected chi connectivity index (χ2v) is 7.50. The van der Waals surface area contributed by atoms with Crippen molar-refractivity contribution in [2.75, 3.05) is 32.5 Å². The Morgan fingerprint density at radius 2 is 2.08 bits per heavy atom. The average Bonchev–Trinajstić information content (AvgIpc) is 2.95. The van der Waals surface area contributed by atoms with Crippen molar-refractivity contribution in [3.05, 3.63) is 29.6 Å². The fourth-order valence-electron chi connectivity index (χ4n) is 4.14. The lowest BCUT2D eigenvalue weighted by Gasteiger charge is -2.31. The number of nitrogens with zero attached hydrogens (tertiary/aromatic N) is 2. The van der Waals surface area contributed by atoms with Crippen molar-refractivity contribution in [1.82, 2.24) is 9.80 Å². The van der Waals surface area contributed by atoms with Gasteiger partial charge in [-0.3, -0.25) is 14.5 Å². The predicted octanol–water partition coefficient (Wildman–Crippen LogP) is 2.26. The first kappa shape index (κ1) is 17.9. The van der Waals surface area contributed by atoms with Gasteiger partial charge in [0.15, 0.2) is 0 Å². The van der Waals surface area contributed by atoms with Crippen molar-refractivity contribution in [1.29, 1.82) is 0 Å². The minimum atomic E-state index is -0.320. The zero-order valence-electron chi connectivity index (χ0n) is 15.1. The number of carbonyl (C=O) groups is 2. The third-order valence-corrected chi connectivity index (χ3v) is 5.75. The van der Waals surface area contributed by atoms with Crippen molar-refractivity contribution in [3.8, 4) is 0 Å². The van der Waals surface area contributed by atoms with Crippen LogP contribution >= 0.6 is 0 Å². The maximum absolute atomic E-state index is 13.6. The molecule has 3 atom stereocenters. The highest BCUT2D eigenvalue weighted by Gasteiger charge is 2.41. The molecule has 1 aromatic carbocycles. The SMILES string of the molecule is Cc1c(F)cccc1NC(=O)CN(C)[C@@H]1C[C@@H]2CC(=O)N(C)C[C@@H]2C1. The molecule has 0 aromatic heterocycles. The van der Waals surface area contributed by atoms with Gasteiger partial charge >= 0.3 is 0 Å². The maximum atomic E-state index is 13.6. The second-order valence-electron chi connectivity index (χ2n) is 7.50. The Kier molecular flexibility index (Phi) is 5.08. The first-order valence-corrected chi connectivity index (χ1v) is 8.84. The highest BCUT2D eigenvalue weighted by atomic mass is 19.1. The van der Waals surface area contributed by atoms with E-state index in [1.165, 1.54) is 6.07 Å². The second kappa shape index (κ2) is 7.12. The Morgan fingerprint density at radius 3 is 2.84 bits per heavy atom. The molecule has 1 aliphatic heterocycles. The molecule has 136 valence electrons. The standard InChI is InChI=1S/C19H26FN3O2/c1-12-16(20)5-4-6-17(12)21-18(24)11-22(2)15-7-13-9-19(25)23(3)10-14(13)8-15/h4-6,13-15H,7-11H2,1-3H3,(H,21,24)/t13-,14+,15-/m1/s1. The number of piperidine rings is 1. The van der Waals surface area contributed by atoms with Gasteiger partial charge in [-0.1, -0.05) is 6.07 Å². The summed E-state index contributed by atoms with van der Waals surface area (Å²) < 4.78 is 13.6. The number of halogens is 1. The minimum Gasteiger partial charge on any atom is -0.345 e. The lowest BCUT2D eigenvalue weighted by atomic mass is 9.88. The van der Waals surface area contributed by atoms with E-state index in [9.17, 15) is 14.0 Å². The zero-order chi connectivity index (χ0) is 18.1. The number of rotatable bonds is 4. The molecule has 1 heterocycles. The van der Waals surface area contributed by atoms with Crippen molar-refractivity contribution >= 4 is 17.5 Å². The van der Waals surface area contributed by atoms with Gasteiger partial charge in [-0.25, -0.2) is 4.39 Å². The van der Waals surface area contributed by atoms with Crippen molar-refractivity contribution < 1.29 is 14.0 Å². The van der Waals surface area contributed by atoms with E-state index in [1.807, 2.05) is 19.0 Å². The van der Waals surface area contributed by atoms with E-state index < -0.39 is 0 Å². The van der Waals surface area contributed by atoms with Crippen LogP contribution in [0.2, 0.25) is 0 Å². The Hall–Kier alpha value is -1.95. The molecule has 1 N–H and O–H groups in total. The molecule has 0 bridgehead atoms. The normalized spacial score (nSPS) is 26.0. The number of nitrogens with one attached hydrogen (secondary N) is 1. The summed E-state index contributed by atoms with van der Waals surface area (Å²) in [6.07, 6.45) is 2.61. The number of hydrogen-bond donors (Lipinski definition) is 1. The quantitative estimate of drug-likeness (QED) is 0.909. The van der Waals surface area contributed by atoms with Gasteiger partial charge in [-0.05, 0) is 50.8 Å². The van der Waals surface area contributed by atoms with Gasteiger partial charge in [0, 0.05) is 37.3 Å². The highest BCUT2D eigenvalue weighted by molar-refractivity contribution is 5.93. The van der Waals surface area contributed by atoms with Crippen LogP contribution in [0.25, 0.3) is 0 Å². The molecule has 3 rings (SSSR count). The number of carbonyl (C=O) groups excluding carboxylic acids is 2.